The van der Waals surface area contributed by atoms with E-state index in [1.165, 1.54) is 12.8 Å². The van der Waals surface area contributed by atoms with Crippen LogP contribution in [0.25, 0.3) is 33.1 Å². The molecular formula is C26H28N4O2. The molecule has 2 heterocycles. The van der Waals surface area contributed by atoms with Gasteiger partial charge in [-0.05, 0) is 63.1 Å². The molecule has 5 rings (SSSR count). The quantitative estimate of drug-likeness (QED) is 0.468. The highest BCUT2D eigenvalue weighted by Gasteiger charge is 2.21. The number of benzene rings is 2. The lowest BCUT2D eigenvalue weighted by Gasteiger charge is -2.12. The lowest BCUT2D eigenvalue weighted by molar-refractivity contribution is -0.122. The van der Waals surface area contributed by atoms with Crippen LogP contribution in [-0.4, -0.2) is 33.3 Å². The SMILES string of the molecule is CCOc1ccc(-c2nn(CC(=O)NC3CCCC3)c3c2cnc2ccc(C)cc23)cc1. The van der Waals surface area contributed by atoms with Crippen LogP contribution < -0.4 is 10.1 Å². The molecule has 0 spiro atoms. The number of fused-ring (bicyclic) bond motifs is 3. The molecule has 6 heteroatoms. The molecule has 1 N–H and O–H groups in total. The summed E-state index contributed by atoms with van der Waals surface area (Å²) in [5.41, 5.74) is 4.80. The maximum absolute atomic E-state index is 12.9. The number of carbonyl (C=O) groups is 1. The van der Waals surface area contributed by atoms with Crippen molar-refractivity contribution >= 4 is 27.7 Å². The number of hydrogen-bond donors (Lipinski definition) is 1. The van der Waals surface area contributed by atoms with E-state index in [-0.39, 0.29) is 18.5 Å². The van der Waals surface area contributed by atoms with E-state index in [1.54, 1.807) is 0 Å². The van der Waals surface area contributed by atoms with Crippen LogP contribution in [0.3, 0.4) is 0 Å². The average molecular weight is 429 g/mol. The molecule has 0 saturated heterocycles. The van der Waals surface area contributed by atoms with Crippen molar-refractivity contribution in [3.8, 4) is 17.0 Å². The molecule has 2 aromatic carbocycles. The van der Waals surface area contributed by atoms with E-state index in [2.05, 4.69) is 29.4 Å². The highest BCUT2D eigenvalue weighted by molar-refractivity contribution is 6.08. The maximum atomic E-state index is 12.9. The number of hydrogen-bond acceptors (Lipinski definition) is 4. The Bertz CT molecular complexity index is 1270. The van der Waals surface area contributed by atoms with Gasteiger partial charge in [0.1, 0.15) is 18.0 Å². The first kappa shape index (κ1) is 20.5. The number of aryl methyl sites for hydroxylation is 1. The van der Waals surface area contributed by atoms with Crippen LogP contribution >= 0.6 is 0 Å². The summed E-state index contributed by atoms with van der Waals surface area (Å²) in [7, 11) is 0. The minimum atomic E-state index is 0.0113. The molecule has 1 fully saturated rings. The molecule has 32 heavy (non-hydrogen) atoms. The second kappa shape index (κ2) is 8.61. The molecule has 0 unspecified atom stereocenters. The third-order valence-corrected chi connectivity index (χ3v) is 6.18. The van der Waals surface area contributed by atoms with Crippen molar-refractivity contribution in [1.82, 2.24) is 20.1 Å². The Hall–Kier alpha value is -3.41. The molecule has 2 aromatic heterocycles. The third-order valence-electron chi connectivity index (χ3n) is 6.18. The smallest absolute Gasteiger partial charge is 0.241 e. The van der Waals surface area contributed by atoms with Crippen molar-refractivity contribution in [3.63, 3.8) is 0 Å². The van der Waals surface area contributed by atoms with Gasteiger partial charge in [-0.25, -0.2) is 0 Å². The molecule has 4 aromatic rings. The molecule has 6 nitrogen and oxygen atoms in total. The van der Waals surface area contributed by atoms with E-state index in [0.29, 0.717) is 6.61 Å². The zero-order chi connectivity index (χ0) is 22.1. The van der Waals surface area contributed by atoms with Gasteiger partial charge in [-0.3, -0.25) is 14.5 Å². The Morgan fingerprint density at radius 1 is 1.12 bits per heavy atom. The highest BCUT2D eigenvalue weighted by Crippen LogP contribution is 2.33. The van der Waals surface area contributed by atoms with Crippen LogP contribution in [0, 0.1) is 6.92 Å². The first-order valence-electron chi connectivity index (χ1n) is 11.4. The largest absolute Gasteiger partial charge is 0.494 e. The number of amides is 1. The number of aromatic nitrogens is 3. The molecule has 1 amide bonds. The van der Waals surface area contributed by atoms with E-state index in [1.807, 2.05) is 48.1 Å². The normalized spacial score (nSPS) is 14.3. The van der Waals surface area contributed by atoms with E-state index in [0.717, 1.165) is 57.2 Å². The lowest BCUT2D eigenvalue weighted by Crippen LogP contribution is -2.35. The van der Waals surface area contributed by atoms with Gasteiger partial charge in [-0.1, -0.05) is 24.5 Å². The second-order valence-corrected chi connectivity index (χ2v) is 8.55. The molecule has 0 aliphatic heterocycles. The minimum absolute atomic E-state index is 0.0113. The van der Waals surface area contributed by atoms with Gasteiger partial charge in [0.2, 0.25) is 5.91 Å². The van der Waals surface area contributed by atoms with E-state index in [9.17, 15) is 4.79 Å². The summed E-state index contributed by atoms with van der Waals surface area (Å²) in [4.78, 5) is 17.6. The standard InChI is InChI=1S/C26H28N4O2/c1-3-32-20-11-9-18(10-12-20)25-22-15-27-23-13-8-17(2)14-21(23)26(22)30(29-25)16-24(31)28-19-6-4-5-7-19/h8-15,19H,3-7,16H2,1-2H3,(H,28,31). The average Bonchev–Trinajstić information content (AvgIpc) is 3.42. The second-order valence-electron chi connectivity index (χ2n) is 8.55. The van der Waals surface area contributed by atoms with Crippen LogP contribution in [0.1, 0.15) is 38.2 Å². The first-order valence-corrected chi connectivity index (χ1v) is 11.4. The fourth-order valence-electron chi connectivity index (χ4n) is 4.65. The summed E-state index contributed by atoms with van der Waals surface area (Å²) < 4.78 is 7.43. The number of rotatable bonds is 6. The van der Waals surface area contributed by atoms with Crippen LogP contribution in [-0.2, 0) is 11.3 Å². The number of ether oxygens (including phenoxy) is 1. The molecule has 1 aliphatic carbocycles. The summed E-state index contributed by atoms with van der Waals surface area (Å²) in [6, 6.07) is 14.4. The summed E-state index contributed by atoms with van der Waals surface area (Å²) in [5.74, 6) is 0.840. The molecule has 1 saturated carbocycles. The highest BCUT2D eigenvalue weighted by atomic mass is 16.5. The number of nitrogens with one attached hydrogen (secondary N) is 1. The van der Waals surface area contributed by atoms with Gasteiger partial charge in [0, 0.05) is 28.6 Å². The molecule has 0 atom stereocenters. The predicted octanol–water partition coefficient (Wildman–Crippen LogP) is 5.02. The van der Waals surface area contributed by atoms with Gasteiger partial charge in [0.15, 0.2) is 0 Å². The summed E-state index contributed by atoms with van der Waals surface area (Å²) in [6.07, 6.45) is 6.38. The Morgan fingerprint density at radius 3 is 2.66 bits per heavy atom. The Balaban J connectivity index is 1.60. The van der Waals surface area contributed by atoms with Gasteiger partial charge in [0.05, 0.1) is 17.6 Å². The van der Waals surface area contributed by atoms with E-state index in [4.69, 9.17) is 9.84 Å². The Morgan fingerprint density at radius 2 is 1.91 bits per heavy atom. The molecule has 1 aliphatic rings. The zero-order valence-corrected chi connectivity index (χ0v) is 18.6. The molecule has 0 radical (unpaired) electrons. The van der Waals surface area contributed by atoms with Crippen LogP contribution in [0.15, 0.2) is 48.7 Å². The molecule has 0 bridgehead atoms. The Labute approximate surface area is 187 Å². The van der Waals surface area contributed by atoms with Gasteiger partial charge < -0.3 is 10.1 Å². The molecular weight excluding hydrogens is 400 g/mol. The van der Waals surface area contributed by atoms with Crippen molar-refractivity contribution in [3.05, 3.63) is 54.2 Å². The molecule has 164 valence electrons. The zero-order valence-electron chi connectivity index (χ0n) is 18.6. The van der Waals surface area contributed by atoms with Gasteiger partial charge in [-0.15, -0.1) is 0 Å². The van der Waals surface area contributed by atoms with Gasteiger partial charge in [0.25, 0.3) is 0 Å². The van der Waals surface area contributed by atoms with Crippen molar-refractivity contribution in [2.75, 3.05) is 6.61 Å². The topological polar surface area (TPSA) is 69.0 Å². The van der Waals surface area contributed by atoms with Crippen molar-refractivity contribution < 1.29 is 9.53 Å². The number of nitrogens with zero attached hydrogens (tertiary/aromatic N) is 3. The fourth-order valence-corrected chi connectivity index (χ4v) is 4.65. The van der Waals surface area contributed by atoms with E-state index < -0.39 is 0 Å². The van der Waals surface area contributed by atoms with Crippen LogP contribution in [0.4, 0.5) is 0 Å². The fraction of sp³-hybridized carbons (Fsp3) is 0.346. The third kappa shape index (κ3) is 3.93. The number of pyridine rings is 1. The lowest BCUT2D eigenvalue weighted by atomic mass is 10.1. The van der Waals surface area contributed by atoms with E-state index >= 15 is 0 Å². The summed E-state index contributed by atoms with van der Waals surface area (Å²) in [6.45, 7) is 4.86. The van der Waals surface area contributed by atoms with Gasteiger partial charge >= 0.3 is 0 Å². The summed E-state index contributed by atoms with van der Waals surface area (Å²) in [5, 5.41) is 10.1. The monoisotopic (exact) mass is 428 g/mol. The van der Waals surface area contributed by atoms with Gasteiger partial charge in [-0.2, -0.15) is 5.10 Å². The Kier molecular flexibility index (Phi) is 5.52. The predicted molar refractivity (Wildman–Crippen MR) is 127 cm³/mol. The minimum Gasteiger partial charge on any atom is -0.494 e. The summed E-state index contributed by atoms with van der Waals surface area (Å²) >= 11 is 0. The van der Waals surface area contributed by atoms with Crippen molar-refractivity contribution in [2.24, 2.45) is 0 Å². The number of carbonyl (C=O) groups excluding carboxylic acids is 1. The first-order chi connectivity index (χ1) is 15.6. The van der Waals surface area contributed by atoms with Crippen molar-refractivity contribution in [2.45, 2.75) is 52.1 Å². The van der Waals surface area contributed by atoms with Crippen LogP contribution in [0.5, 0.6) is 5.75 Å². The van der Waals surface area contributed by atoms with Crippen molar-refractivity contribution in [1.29, 1.82) is 0 Å². The maximum Gasteiger partial charge on any atom is 0.241 e. The van der Waals surface area contributed by atoms with Crippen LogP contribution in [0.2, 0.25) is 0 Å².